The highest BCUT2D eigenvalue weighted by atomic mass is 16.5. The molecule has 5 heteroatoms. The smallest absolute Gasteiger partial charge is 0.221 e. The van der Waals surface area contributed by atoms with Crippen molar-refractivity contribution in [2.24, 2.45) is 0 Å². The number of nitrogens with zero attached hydrogens (tertiary/aromatic N) is 2. The average Bonchev–Trinajstić information content (AvgIpc) is 2.57. The summed E-state index contributed by atoms with van der Waals surface area (Å²) in [7, 11) is 0. The van der Waals surface area contributed by atoms with Gasteiger partial charge in [-0.05, 0) is 25.5 Å². The Morgan fingerprint density at radius 2 is 2.35 bits per heavy atom. The molecule has 0 fully saturated rings. The van der Waals surface area contributed by atoms with Crippen molar-refractivity contribution in [3.63, 3.8) is 0 Å². The van der Waals surface area contributed by atoms with Crippen LogP contribution in [0.1, 0.15) is 11.3 Å². The molecule has 5 nitrogen and oxygen atoms in total. The predicted octanol–water partition coefficient (Wildman–Crippen LogP) is 1.30. The molecule has 0 unspecified atom stereocenters. The van der Waals surface area contributed by atoms with E-state index < -0.39 is 0 Å². The van der Waals surface area contributed by atoms with E-state index in [-0.39, 0.29) is 6.61 Å². The Kier molecular flexibility index (Phi) is 2.85. The fraction of sp³-hybridized carbons (Fsp3) is 0.250. The lowest BCUT2D eigenvalue weighted by atomic mass is 10.3. The van der Waals surface area contributed by atoms with Gasteiger partial charge in [-0.3, -0.25) is 4.40 Å². The molecular formula is C12H13N3O2. The van der Waals surface area contributed by atoms with E-state index in [9.17, 15) is 4.79 Å². The molecule has 0 spiro atoms. The van der Waals surface area contributed by atoms with E-state index in [0.717, 1.165) is 11.3 Å². The molecule has 0 saturated carbocycles. The number of nitrogens with two attached hydrogens (primary N) is 1. The van der Waals surface area contributed by atoms with Gasteiger partial charge in [-0.15, -0.1) is 0 Å². The molecule has 2 rings (SSSR count). The van der Waals surface area contributed by atoms with Crippen molar-refractivity contribution in [2.75, 3.05) is 12.3 Å². The van der Waals surface area contributed by atoms with Crippen LogP contribution in [0, 0.1) is 13.8 Å². The third kappa shape index (κ3) is 2.00. The number of hydrogen-bond donors (Lipinski definition) is 1. The third-order valence-corrected chi connectivity index (χ3v) is 2.39. The number of aromatic nitrogens is 2. The maximum atomic E-state index is 10.1. The fourth-order valence-corrected chi connectivity index (χ4v) is 1.73. The van der Waals surface area contributed by atoms with Crippen LogP contribution in [-0.4, -0.2) is 21.9 Å². The summed E-state index contributed by atoms with van der Waals surface area (Å²) in [5.74, 6) is 2.27. The molecule has 0 bridgehead atoms. The van der Waals surface area contributed by atoms with E-state index in [1.165, 1.54) is 6.08 Å². The summed E-state index contributed by atoms with van der Waals surface area (Å²) in [5, 5.41) is 0. The van der Waals surface area contributed by atoms with Crippen LogP contribution >= 0.6 is 0 Å². The topological polar surface area (TPSA) is 69.6 Å². The minimum atomic E-state index is 0.173. The first-order valence-corrected chi connectivity index (χ1v) is 5.20. The Bertz CT molecular complexity index is 610. The van der Waals surface area contributed by atoms with Crippen LogP contribution in [0.3, 0.4) is 0 Å². The number of pyridine rings is 1. The first kappa shape index (κ1) is 11.2. The first-order valence-electron chi connectivity index (χ1n) is 5.20. The largest absolute Gasteiger partial charge is 0.472 e. The molecule has 0 aliphatic rings. The van der Waals surface area contributed by atoms with E-state index in [1.807, 2.05) is 26.1 Å². The number of fused-ring (bicyclic) bond motifs is 1. The second-order valence-electron chi connectivity index (χ2n) is 3.80. The number of imidazole rings is 1. The number of ether oxygens (including phenoxy) is 1. The lowest BCUT2D eigenvalue weighted by Gasteiger charge is -2.05. The van der Waals surface area contributed by atoms with Crippen LogP contribution < -0.4 is 10.5 Å². The Balaban J connectivity index is 2.54. The molecule has 0 aromatic carbocycles. The Morgan fingerprint density at radius 3 is 3.06 bits per heavy atom. The maximum absolute atomic E-state index is 10.1. The van der Waals surface area contributed by atoms with Crippen LogP contribution in [0.2, 0.25) is 0 Å². The fourth-order valence-electron chi connectivity index (χ4n) is 1.73. The summed E-state index contributed by atoms with van der Waals surface area (Å²) in [5.41, 5.74) is 8.91. The zero-order valence-corrected chi connectivity index (χ0v) is 9.73. The second kappa shape index (κ2) is 4.31. The van der Waals surface area contributed by atoms with Crippen LogP contribution in [0.5, 0.6) is 5.88 Å². The van der Waals surface area contributed by atoms with Gasteiger partial charge >= 0.3 is 0 Å². The summed E-state index contributed by atoms with van der Waals surface area (Å²) in [6.07, 6.45) is 3.17. The minimum absolute atomic E-state index is 0.173. The van der Waals surface area contributed by atoms with E-state index in [4.69, 9.17) is 10.5 Å². The molecule has 0 saturated heterocycles. The molecule has 0 aliphatic carbocycles. The Labute approximate surface area is 98.5 Å². The minimum Gasteiger partial charge on any atom is -0.472 e. The van der Waals surface area contributed by atoms with Crippen LogP contribution in [0.4, 0.5) is 5.69 Å². The second-order valence-corrected chi connectivity index (χ2v) is 3.80. The normalized spacial score (nSPS) is 10.2. The van der Waals surface area contributed by atoms with Crippen LogP contribution in [0.15, 0.2) is 18.3 Å². The molecular weight excluding hydrogens is 218 g/mol. The summed E-state index contributed by atoms with van der Waals surface area (Å²) in [6, 6.07) is 1.86. The van der Waals surface area contributed by atoms with Crippen molar-refractivity contribution in [2.45, 2.75) is 13.8 Å². The number of aryl methyl sites for hydroxylation is 2. The molecule has 17 heavy (non-hydrogen) atoms. The van der Waals surface area contributed by atoms with E-state index in [0.29, 0.717) is 17.2 Å². The predicted molar refractivity (Wildman–Crippen MR) is 64.8 cm³/mol. The summed E-state index contributed by atoms with van der Waals surface area (Å²) in [6.45, 7) is 3.95. The molecule has 0 amide bonds. The standard InChI is InChI=1S/C12H13N3O2/c1-8-6-10(13)11-14-9(2)12(15(11)7-8)17-5-3-4-16/h3,6-7H,5,13H2,1-2H3. The molecule has 2 aromatic rings. The lowest BCUT2D eigenvalue weighted by molar-refractivity contribution is 0.343. The van der Waals surface area contributed by atoms with Gasteiger partial charge in [0.25, 0.3) is 0 Å². The van der Waals surface area contributed by atoms with Gasteiger partial charge in [-0.2, -0.15) is 0 Å². The van der Waals surface area contributed by atoms with Crippen LogP contribution in [0.25, 0.3) is 5.65 Å². The monoisotopic (exact) mass is 231 g/mol. The summed E-state index contributed by atoms with van der Waals surface area (Å²) >= 11 is 0. The number of carbonyl (C=O) groups excluding carboxylic acids is 1. The molecule has 88 valence electrons. The maximum Gasteiger partial charge on any atom is 0.221 e. The molecule has 2 aromatic heterocycles. The van der Waals surface area contributed by atoms with Crippen molar-refractivity contribution in [1.82, 2.24) is 9.38 Å². The zero-order chi connectivity index (χ0) is 12.4. The molecule has 2 N–H and O–H groups in total. The summed E-state index contributed by atoms with van der Waals surface area (Å²) < 4.78 is 7.26. The highest BCUT2D eigenvalue weighted by molar-refractivity contribution is 5.67. The van der Waals surface area contributed by atoms with Crippen molar-refractivity contribution < 1.29 is 9.53 Å². The number of nitrogen functional groups attached to an aromatic ring is 1. The highest BCUT2D eigenvalue weighted by Crippen LogP contribution is 2.24. The van der Waals surface area contributed by atoms with Gasteiger partial charge < -0.3 is 10.5 Å². The van der Waals surface area contributed by atoms with Gasteiger partial charge in [0.05, 0.1) is 5.69 Å². The van der Waals surface area contributed by atoms with Crippen molar-refractivity contribution in [3.8, 4) is 5.88 Å². The Hall–Kier alpha value is -2.26. The van der Waals surface area contributed by atoms with E-state index in [1.54, 1.807) is 10.3 Å². The number of hydrogen-bond acceptors (Lipinski definition) is 4. The number of anilines is 1. The molecule has 0 radical (unpaired) electrons. The third-order valence-electron chi connectivity index (χ3n) is 2.39. The quantitative estimate of drug-likeness (QED) is 0.808. The van der Waals surface area contributed by atoms with Crippen molar-refractivity contribution >= 4 is 17.3 Å². The zero-order valence-electron chi connectivity index (χ0n) is 9.73. The van der Waals surface area contributed by atoms with Gasteiger partial charge in [-0.1, -0.05) is 0 Å². The SMILES string of the molecule is Cc1cc(N)c2nc(C)c(OCC=C=O)n2c1. The van der Waals surface area contributed by atoms with Gasteiger partial charge in [0.15, 0.2) is 5.65 Å². The van der Waals surface area contributed by atoms with Gasteiger partial charge in [0.1, 0.15) is 18.2 Å². The molecule has 2 heterocycles. The molecule has 0 atom stereocenters. The first-order chi connectivity index (χ1) is 8.13. The van der Waals surface area contributed by atoms with Crippen molar-refractivity contribution in [3.05, 3.63) is 29.6 Å². The van der Waals surface area contributed by atoms with E-state index >= 15 is 0 Å². The highest BCUT2D eigenvalue weighted by Gasteiger charge is 2.11. The Morgan fingerprint density at radius 1 is 1.59 bits per heavy atom. The van der Waals surface area contributed by atoms with Gasteiger partial charge in [-0.25, -0.2) is 9.78 Å². The van der Waals surface area contributed by atoms with Crippen molar-refractivity contribution in [1.29, 1.82) is 0 Å². The van der Waals surface area contributed by atoms with E-state index in [2.05, 4.69) is 4.98 Å². The van der Waals surface area contributed by atoms with Crippen LogP contribution in [-0.2, 0) is 4.79 Å². The lowest BCUT2D eigenvalue weighted by Crippen LogP contribution is -2.00. The van der Waals surface area contributed by atoms with Gasteiger partial charge in [0.2, 0.25) is 5.88 Å². The number of rotatable bonds is 3. The summed E-state index contributed by atoms with van der Waals surface area (Å²) in [4.78, 5) is 14.4. The molecule has 0 aliphatic heterocycles. The average molecular weight is 231 g/mol. The van der Waals surface area contributed by atoms with Gasteiger partial charge in [0, 0.05) is 12.3 Å².